The van der Waals surface area contributed by atoms with Crippen LogP contribution in [-0.4, -0.2) is 44.3 Å². The van der Waals surface area contributed by atoms with Crippen molar-refractivity contribution in [3.8, 4) is 17.2 Å². The number of aryl methyl sites for hydroxylation is 1. The highest BCUT2D eigenvalue weighted by Crippen LogP contribution is 2.34. The van der Waals surface area contributed by atoms with Crippen molar-refractivity contribution in [3.05, 3.63) is 53.7 Å². The fourth-order valence-electron chi connectivity index (χ4n) is 3.34. The summed E-state index contributed by atoms with van der Waals surface area (Å²) in [5, 5.41) is 10.1. The Hall–Kier alpha value is -3.17. The van der Waals surface area contributed by atoms with E-state index in [2.05, 4.69) is 4.98 Å². The number of carboxylic acids is 1. The zero-order chi connectivity index (χ0) is 22.2. The van der Waals surface area contributed by atoms with Crippen LogP contribution in [0.2, 0.25) is 0 Å². The zero-order valence-electron chi connectivity index (χ0n) is 17.0. The number of nitrogens with one attached hydrogen (secondary N) is 1. The van der Waals surface area contributed by atoms with E-state index in [1.165, 1.54) is 0 Å². The Bertz CT molecular complexity index is 1070. The van der Waals surface area contributed by atoms with Crippen molar-refractivity contribution in [1.82, 2.24) is 4.98 Å². The van der Waals surface area contributed by atoms with E-state index in [9.17, 15) is 9.90 Å². The summed E-state index contributed by atoms with van der Waals surface area (Å²) in [4.78, 5) is 14.3. The van der Waals surface area contributed by atoms with E-state index in [1.54, 1.807) is 6.07 Å². The molecule has 0 radical (unpaired) electrons. The van der Waals surface area contributed by atoms with E-state index < -0.39 is 17.5 Å². The van der Waals surface area contributed by atoms with Crippen LogP contribution in [-0.2, 0) is 16.3 Å². The summed E-state index contributed by atoms with van der Waals surface area (Å²) >= 11 is -0.750. The molecule has 2 N–H and O–H groups in total. The number of aromatic amines is 1. The Morgan fingerprint density at radius 2 is 1.81 bits per heavy atom. The van der Waals surface area contributed by atoms with Crippen molar-refractivity contribution >= 4 is 28.4 Å². The maximum atomic E-state index is 11.4. The third kappa shape index (κ3) is 6.16. The highest BCUT2D eigenvalue weighted by Gasteiger charge is 2.18. The Morgan fingerprint density at radius 1 is 1.13 bits per heavy atom. The average molecular weight is 445 g/mol. The molecule has 1 aliphatic heterocycles. The molecule has 0 amide bonds. The number of fused-ring (bicyclic) bond motifs is 1. The normalized spacial score (nSPS) is 13.8. The summed E-state index contributed by atoms with van der Waals surface area (Å²) in [6.07, 6.45) is 1.93. The number of benzene rings is 2. The van der Waals surface area contributed by atoms with Crippen LogP contribution in [0.4, 0.5) is 0 Å². The molecule has 0 aliphatic carbocycles. The number of rotatable bonds is 6. The SMILES string of the molecule is Cc1ccc(Oc2cc(OCC3CCOCC3)c3[nH]c(C(=O)O)cc3c2)cc1.O=S=O. The van der Waals surface area contributed by atoms with Gasteiger partial charge >= 0.3 is 17.5 Å². The van der Waals surface area contributed by atoms with E-state index in [4.69, 9.17) is 22.6 Å². The third-order valence-electron chi connectivity index (χ3n) is 4.97. The van der Waals surface area contributed by atoms with Crippen LogP contribution in [0.5, 0.6) is 17.2 Å². The first-order valence-corrected chi connectivity index (χ1v) is 10.4. The second kappa shape index (κ2) is 10.7. The van der Waals surface area contributed by atoms with E-state index in [-0.39, 0.29) is 5.69 Å². The Morgan fingerprint density at radius 3 is 2.45 bits per heavy atom. The van der Waals surface area contributed by atoms with Crippen LogP contribution in [0, 0.1) is 12.8 Å². The molecule has 4 rings (SSSR count). The largest absolute Gasteiger partial charge is 0.491 e. The van der Waals surface area contributed by atoms with Crippen molar-refractivity contribution in [1.29, 1.82) is 0 Å². The minimum Gasteiger partial charge on any atom is -0.491 e. The molecule has 8 nitrogen and oxygen atoms in total. The minimum atomic E-state index is -1.01. The number of hydrogen-bond donors (Lipinski definition) is 2. The smallest absolute Gasteiger partial charge is 0.352 e. The van der Waals surface area contributed by atoms with Gasteiger partial charge in [0.15, 0.2) is 0 Å². The molecule has 31 heavy (non-hydrogen) atoms. The van der Waals surface area contributed by atoms with Gasteiger partial charge in [0, 0.05) is 24.7 Å². The molecule has 3 aromatic rings. The lowest BCUT2D eigenvalue weighted by Gasteiger charge is -2.22. The molecule has 2 aromatic carbocycles. The van der Waals surface area contributed by atoms with Crippen LogP contribution < -0.4 is 9.47 Å². The molecule has 1 aromatic heterocycles. The lowest BCUT2D eigenvalue weighted by Crippen LogP contribution is -2.21. The number of aromatic carboxylic acids is 1. The lowest BCUT2D eigenvalue weighted by atomic mass is 10.0. The van der Waals surface area contributed by atoms with Gasteiger partial charge in [0.25, 0.3) is 0 Å². The first-order valence-electron chi connectivity index (χ1n) is 9.77. The van der Waals surface area contributed by atoms with Gasteiger partial charge < -0.3 is 24.3 Å². The number of ether oxygens (including phenoxy) is 3. The Labute approximate surface area is 182 Å². The molecule has 164 valence electrons. The van der Waals surface area contributed by atoms with Crippen LogP contribution in [0.3, 0.4) is 0 Å². The molecular weight excluding hydrogens is 422 g/mol. The topological polar surface area (TPSA) is 115 Å². The summed E-state index contributed by atoms with van der Waals surface area (Å²) in [7, 11) is 0. The average Bonchev–Trinajstić information content (AvgIpc) is 3.20. The first-order chi connectivity index (χ1) is 15.0. The van der Waals surface area contributed by atoms with Gasteiger partial charge in [0.1, 0.15) is 22.9 Å². The molecule has 0 saturated carbocycles. The highest BCUT2D eigenvalue weighted by molar-refractivity contribution is 7.51. The summed E-state index contributed by atoms with van der Waals surface area (Å²) in [6, 6.07) is 13.0. The van der Waals surface area contributed by atoms with Gasteiger partial charge in [-0.15, -0.1) is 0 Å². The Kier molecular flexibility index (Phi) is 7.80. The molecule has 1 fully saturated rings. The van der Waals surface area contributed by atoms with E-state index >= 15 is 0 Å². The molecule has 0 atom stereocenters. The van der Waals surface area contributed by atoms with Gasteiger partial charge in [-0.1, -0.05) is 17.7 Å². The van der Waals surface area contributed by atoms with Crippen molar-refractivity contribution < 1.29 is 32.5 Å². The highest BCUT2D eigenvalue weighted by atomic mass is 32.1. The molecule has 1 aliphatic rings. The summed E-state index contributed by atoms with van der Waals surface area (Å²) in [6.45, 7) is 4.09. The third-order valence-corrected chi connectivity index (χ3v) is 4.97. The number of carboxylic acid groups (broad SMARTS) is 1. The van der Waals surface area contributed by atoms with E-state index in [0.29, 0.717) is 35.3 Å². The maximum absolute atomic E-state index is 11.4. The zero-order valence-corrected chi connectivity index (χ0v) is 17.8. The van der Waals surface area contributed by atoms with E-state index in [1.807, 2.05) is 43.3 Å². The molecule has 2 heterocycles. The van der Waals surface area contributed by atoms with Crippen LogP contribution in [0.1, 0.15) is 28.9 Å². The van der Waals surface area contributed by atoms with Gasteiger partial charge in [-0.25, -0.2) is 4.79 Å². The van der Waals surface area contributed by atoms with Crippen molar-refractivity contribution in [2.75, 3.05) is 19.8 Å². The number of H-pyrrole nitrogens is 1. The number of aromatic nitrogens is 1. The molecule has 9 heteroatoms. The summed E-state index contributed by atoms with van der Waals surface area (Å²) < 4.78 is 34.1. The van der Waals surface area contributed by atoms with Crippen molar-refractivity contribution in [3.63, 3.8) is 0 Å². The monoisotopic (exact) mass is 445 g/mol. The second-order valence-electron chi connectivity index (χ2n) is 7.22. The van der Waals surface area contributed by atoms with Crippen LogP contribution >= 0.6 is 0 Å². The van der Waals surface area contributed by atoms with Crippen molar-refractivity contribution in [2.45, 2.75) is 19.8 Å². The van der Waals surface area contributed by atoms with Gasteiger partial charge in [-0.2, -0.15) is 8.42 Å². The van der Waals surface area contributed by atoms with E-state index in [0.717, 1.165) is 37.0 Å². The molecule has 0 unspecified atom stereocenters. The summed E-state index contributed by atoms with van der Waals surface area (Å²) in [5.74, 6) is 1.34. The van der Waals surface area contributed by atoms with Gasteiger partial charge in [-0.3, -0.25) is 0 Å². The quantitative estimate of drug-likeness (QED) is 0.587. The maximum Gasteiger partial charge on any atom is 0.352 e. The number of carbonyl (C=O) groups is 1. The fourth-order valence-corrected chi connectivity index (χ4v) is 3.34. The first kappa shape index (κ1) is 22.5. The van der Waals surface area contributed by atoms with Gasteiger partial charge in [0.05, 0.1) is 12.1 Å². The number of hydrogen-bond acceptors (Lipinski definition) is 6. The van der Waals surface area contributed by atoms with Gasteiger partial charge in [0.2, 0.25) is 0 Å². The Balaban J connectivity index is 0.000000858. The lowest BCUT2D eigenvalue weighted by molar-refractivity contribution is 0.0499. The molecule has 1 saturated heterocycles. The molecule has 0 spiro atoms. The minimum absolute atomic E-state index is 0.124. The van der Waals surface area contributed by atoms with Crippen LogP contribution in [0.25, 0.3) is 10.9 Å². The molecule has 0 bridgehead atoms. The fraction of sp³-hybridized carbons (Fsp3) is 0.318. The molecular formula is C22H23NO7S. The summed E-state index contributed by atoms with van der Waals surface area (Å²) in [5.41, 5.74) is 1.94. The van der Waals surface area contributed by atoms with Gasteiger partial charge in [-0.05, 0) is 49.9 Å². The predicted molar refractivity (Wildman–Crippen MR) is 114 cm³/mol. The predicted octanol–water partition coefficient (Wildman–Crippen LogP) is 4.10. The van der Waals surface area contributed by atoms with Crippen molar-refractivity contribution in [2.24, 2.45) is 5.92 Å². The van der Waals surface area contributed by atoms with Crippen LogP contribution in [0.15, 0.2) is 42.5 Å². The standard InChI is InChI=1S/C22H23NO5.O2S/c1-14-2-4-17(5-3-14)28-18-10-16-11-19(22(24)25)23-21(16)20(12-18)27-13-15-6-8-26-9-7-15;1-3-2/h2-5,10-12,15,23H,6-9,13H2,1H3,(H,24,25);. The second-order valence-corrected chi connectivity index (χ2v) is 7.36.